The van der Waals surface area contributed by atoms with Crippen molar-refractivity contribution in [2.24, 2.45) is 0 Å². The van der Waals surface area contributed by atoms with Gasteiger partial charge in [-0.2, -0.15) is 5.21 Å². The maximum atomic E-state index is 11.7. The lowest BCUT2D eigenvalue weighted by Gasteiger charge is -2.14. The fourth-order valence-corrected chi connectivity index (χ4v) is 1.77. The number of nitrogens with zero attached hydrogens (tertiary/aromatic N) is 3. The topological polar surface area (TPSA) is 83.6 Å². The summed E-state index contributed by atoms with van der Waals surface area (Å²) in [5, 5.41) is 15.7. The second-order valence-corrected chi connectivity index (χ2v) is 4.24. The smallest absolute Gasteiger partial charge is 0.293 e. The third-order valence-corrected chi connectivity index (χ3v) is 2.71. The summed E-state index contributed by atoms with van der Waals surface area (Å²) in [7, 11) is 0. The molecule has 1 aromatic heterocycles. The molecule has 1 heterocycles. The lowest BCUT2D eigenvalue weighted by atomic mass is 10.0. The van der Waals surface area contributed by atoms with E-state index in [2.05, 4.69) is 45.0 Å². The van der Waals surface area contributed by atoms with Gasteiger partial charge in [0.15, 0.2) is 0 Å². The lowest BCUT2D eigenvalue weighted by molar-refractivity contribution is 0.0929. The van der Waals surface area contributed by atoms with E-state index in [4.69, 9.17) is 0 Å². The molecule has 0 radical (unpaired) electrons. The van der Waals surface area contributed by atoms with Gasteiger partial charge in [-0.1, -0.05) is 24.3 Å². The fraction of sp³-hybridized carbons (Fsp3) is 0.333. The van der Waals surface area contributed by atoms with Crippen LogP contribution < -0.4 is 5.32 Å². The molecule has 0 fully saturated rings. The maximum Gasteiger partial charge on any atom is 0.293 e. The molecule has 0 bridgehead atoms. The van der Waals surface area contributed by atoms with Crippen molar-refractivity contribution in [3.05, 3.63) is 41.2 Å². The number of aryl methyl sites for hydroxylation is 1. The standard InChI is InChI=1S/C12H15N5O/c1-8-5-3-4-6-10(8)7-9(2)13-12(18)11-14-16-17-15-11/h3-6,9H,7H2,1-2H3,(H,13,18)(H,14,15,16,17). The number of nitrogens with one attached hydrogen (secondary N) is 2. The van der Waals surface area contributed by atoms with Gasteiger partial charge in [-0.25, -0.2) is 0 Å². The van der Waals surface area contributed by atoms with E-state index in [9.17, 15) is 4.79 Å². The van der Waals surface area contributed by atoms with E-state index >= 15 is 0 Å². The number of amides is 1. The number of aromatic amines is 1. The molecule has 2 aromatic rings. The first-order chi connectivity index (χ1) is 8.66. The average molecular weight is 245 g/mol. The highest BCUT2D eigenvalue weighted by Crippen LogP contribution is 2.09. The van der Waals surface area contributed by atoms with Gasteiger partial charge in [-0.05, 0) is 36.6 Å². The Hall–Kier alpha value is -2.24. The van der Waals surface area contributed by atoms with Crippen LogP contribution in [0.25, 0.3) is 0 Å². The van der Waals surface area contributed by atoms with Crippen LogP contribution in [0.4, 0.5) is 0 Å². The van der Waals surface area contributed by atoms with Gasteiger partial charge in [0.25, 0.3) is 11.7 Å². The van der Waals surface area contributed by atoms with E-state index in [-0.39, 0.29) is 17.8 Å². The third-order valence-electron chi connectivity index (χ3n) is 2.71. The van der Waals surface area contributed by atoms with E-state index in [1.54, 1.807) is 0 Å². The monoisotopic (exact) mass is 245 g/mol. The van der Waals surface area contributed by atoms with Crippen LogP contribution >= 0.6 is 0 Å². The number of tetrazole rings is 1. The zero-order valence-corrected chi connectivity index (χ0v) is 10.3. The van der Waals surface area contributed by atoms with Crippen molar-refractivity contribution in [3.8, 4) is 0 Å². The zero-order chi connectivity index (χ0) is 13.0. The van der Waals surface area contributed by atoms with Crippen LogP contribution in [0.3, 0.4) is 0 Å². The van der Waals surface area contributed by atoms with Crippen LogP contribution in [-0.4, -0.2) is 32.6 Å². The molecule has 1 unspecified atom stereocenters. The molecule has 18 heavy (non-hydrogen) atoms. The minimum absolute atomic E-state index is 0.0112. The molecular weight excluding hydrogens is 230 g/mol. The predicted octanol–water partition coefficient (Wildman–Crippen LogP) is 0.869. The van der Waals surface area contributed by atoms with Gasteiger partial charge in [0, 0.05) is 6.04 Å². The molecule has 1 aromatic carbocycles. The van der Waals surface area contributed by atoms with E-state index in [1.807, 2.05) is 19.1 Å². The molecule has 0 aliphatic rings. The van der Waals surface area contributed by atoms with Crippen molar-refractivity contribution in [1.29, 1.82) is 0 Å². The normalized spacial score (nSPS) is 12.1. The number of hydrogen-bond donors (Lipinski definition) is 2. The summed E-state index contributed by atoms with van der Waals surface area (Å²) in [6, 6.07) is 8.13. The molecule has 1 atom stereocenters. The van der Waals surface area contributed by atoms with Crippen molar-refractivity contribution in [2.45, 2.75) is 26.3 Å². The van der Waals surface area contributed by atoms with Crippen molar-refractivity contribution in [1.82, 2.24) is 25.9 Å². The molecule has 0 aliphatic heterocycles. The summed E-state index contributed by atoms with van der Waals surface area (Å²) in [6.07, 6.45) is 0.774. The largest absolute Gasteiger partial charge is 0.346 e. The van der Waals surface area contributed by atoms with Gasteiger partial charge in [0.1, 0.15) is 0 Å². The van der Waals surface area contributed by atoms with E-state index in [1.165, 1.54) is 11.1 Å². The van der Waals surface area contributed by atoms with E-state index < -0.39 is 0 Å². The Morgan fingerprint density at radius 1 is 1.44 bits per heavy atom. The maximum absolute atomic E-state index is 11.7. The van der Waals surface area contributed by atoms with Crippen molar-refractivity contribution in [2.75, 3.05) is 0 Å². The first kappa shape index (κ1) is 12.2. The lowest BCUT2D eigenvalue weighted by Crippen LogP contribution is -2.34. The Labute approximate surface area is 105 Å². The molecule has 6 heteroatoms. The first-order valence-electron chi connectivity index (χ1n) is 5.75. The summed E-state index contributed by atoms with van der Waals surface area (Å²) >= 11 is 0. The summed E-state index contributed by atoms with van der Waals surface area (Å²) in [5.41, 5.74) is 2.44. The fourth-order valence-electron chi connectivity index (χ4n) is 1.77. The molecule has 0 saturated carbocycles. The SMILES string of the molecule is Cc1ccccc1CC(C)NC(=O)c1nn[nH]n1. The molecule has 6 nitrogen and oxygen atoms in total. The number of aromatic nitrogens is 4. The Morgan fingerprint density at radius 3 is 2.89 bits per heavy atom. The highest BCUT2D eigenvalue weighted by molar-refractivity contribution is 5.90. The van der Waals surface area contributed by atoms with Gasteiger partial charge >= 0.3 is 0 Å². The van der Waals surface area contributed by atoms with Gasteiger partial charge in [0.2, 0.25) is 0 Å². The van der Waals surface area contributed by atoms with Crippen LogP contribution in [0, 0.1) is 6.92 Å². The van der Waals surface area contributed by atoms with Gasteiger partial charge in [-0.15, -0.1) is 10.2 Å². The second kappa shape index (κ2) is 5.39. The third kappa shape index (κ3) is 2.91. The van der Waals surface area contributed by atoms with E-state index in [0.717, 1.165) is 6.42 Å². The second-order valence-electron chi connectivity index (χ2n) is 4.24. The van der Waals surface area contributed by atoms with E-state index in [0.29, 0.717) is 0 Å². The number of benzene rings is 1. The number of carbonyl (C=O) groups excluding carboxylic acids is 1. The Morgan fingerprint density at radius 2 is 2.22 bits per heavy atom. The minimum Gasteiger partial charge on any atom is -0.346 e. The van der Waals surface area contributed by atoms with Gasteiger partial charge in [-0.3, -0.25) is 4.79 Å². The molecule has 0 saturated heterocycles. The van der Waals surface area contributed by atoms with Gasteiger partial charge in [0.05, 0.1) is 0 Å². The van der Waals surface area contributed by atoms with Crippen LogP contribution in [0.1, 0.15) is 28.7 Å². The van der Waals surface area contributed by atoms with Crippen molar-refractivity contribution >= 4 is 5.91 Å². The van der Waals surface area contributed by atoms with Crippen molar-refractivity contribution in [3.63, 3.8) is 0 Å². The average Bonchev–Trinajstić information content (AvgIpc) is 2.85. The number of hydrogen-bond acceptors (Lipinski definition) is 4. The predicted molar refractivity (Wildman–Crippen MR) is 66.0 cm³/mol. The highest BCUT2D eigenvalue weighted by Gasteiger charge is 2.14. The van der Waals surface area contributed by atoms with Crippen LogP contribution in [0.2, 0.25) is 0 Å². The first-order valence-corrected chi connectivity index (χ1v) is 5.75. The highest BCUT2D eigenvalue weighted by atomic mass is 16.2. The number of H-pyrrole nitrogens is 1. The molecule has 94 valence electrons. The van der Waals surface area contributed by atoms with Gasteiger partial charge < -0.3 is 5.32 Å². The molecule has 0 aliphatic carbocycles. The Balaban J connectivity index is 1.95. The summed E-state index contributed by atoms with van der Waals surface area (Å²) in [4.78, 5) is 11.7. The number of rotatable bonds is 4. The zero-order valence-electron chi connectivity index (χ0n) is 10.3. The molecule has 0 spiro atoms. The molecule has 1 amide bonds. The summed E-state index contributed by atoms with van der Waals surface area (Å²) < 4.78 is 0. The van der Waals surface area contributed by atoms with Crippen LogP contribution in [0.15, 0.2) is 24.3 Å². The Kier molecular flexibility index (Phi) is 3.66. The number of carbonyl (C=O) groups is 1. The van der Waals surface area contributed by atoms with Crippen molar-refractivity contribution < 1.29 is 4.79 Å². The van der Waals surface area contributed by atoms with Crippen LogP contribution in [-0.2, 0) is 6.42 Å². The molecule has 2 N–H and O–H groups in total. The quantitative estimate of drug-likeness (QED) is 0.837. The molecule has 2 rings (SSSR count). The molecular formula is C12H15N5O. The summed E-state index contributed by atoms with van der Waals surface area (Å²) in [6.45, 7) is 4.01. The van der Waals surface area contributed by atoms with Crippen LogP contribution in [0.5, 0.6) is 0 Å². The summed E-state index contributed by atoms with van der Waals surface area (Å²) in [5.74, 6) is -0.253. The Bertz CT molecular complexity index is 523. The minimum atomic E-state index is -0.315.